The summed E-state index contributed by atoms with van der Waals surface area (Å²) in [6.45, 7) is 6.21. The summed E-state index contributed by atoms with van der Waals surface area (Å²) in [5.74, 6) is -0.649. The molecule has 0 aliphatic heterocycles. The molecule has 12 heavy (non-hydrogen) atoms. The Labute approximate surface area is 72.8 Å². The summed E-state index contributed by atoms with van der Waals surface area (Å²) in [7, 11) is 0. The molecule has 0 aliphatic rings. The van der Waals surface area contributed by atoms with Crippen LogP contribution in [0.4, 0.5) is 13.2 Å². The fourth-order valence-corrected chi connectivity index (χ4v) is 0.513. The highest BCUT2D eigenvalue weighted by atomic mass is 35.5. The second-order valence-corrected chi connectivity index (χ2v) is 2.13. The van der Waals surface area contributed by atoms with Crippen LogP contribution in [-0.2, 0) is 4.74 Å². The van der Waals surface area contributed by atoms with Gasteiger partial charge in [-0.2, -0.15) is 0 Å². The number of halogens is 4. The lowest BCUT2D eigenvalue weighted by Crippen LogP contribution is -2.12. The van der Waals surface area contributed by atoms with Crippen LogP contribution in [0.5, 0.6) is 0 Å². The third kappa shape index (κ3) is 4.85. The zero-order chi connectivity index (χ0) is 9.78. The predicted molar refractivity (Wildman–Crippen MR) is 40.4 cm³/mol. The van der Waals surface area contributed by atoms with E-state index in [4.69, 9.17) is 11.6 Å². The first-order chi connectivity index (χ1) is 5.37. The highest BCUT2D eigenvalue weighted by Gasteiger charge is 2.32. The van der Waals surface area contributed by atoms with Crippen molar-refractivity contribution in [2.24, 2.45) is 0 Å². The van der Waals surface area contributed by atoms with E-state index in [9.17, 15) is 13.2 Å². The summed E-state index contributed by atoms with van der Waals surface area (Å²) in [4.78, 5) is 0. The highest BCUT2D eigenvalue weighted by molar-refractivity contribution is 6.31. The fourth-order valence-electron chi connectivity index (χ4n) is 0.385. The van der Waals surface area contributed by atoms with Gasteiger partial charge in [0.15, 0.2) is 0 Å². The van der Waals surface area contributed by atoms with Crippen molar-refractivity contribution in [3.63, 3.8) is 0 Å². The Kier molecular flexibility index (Phi) is 3.89. The lowest BCUT2D eigenvalue weighted by molar-refractivity contribution is -0.303. The monoisotopic (exact) mass is 198 g/mol. The summed E-state index contributed by atoms with van der Waals surface area (Å²) in [6, 6.07) is 0. The van der Waals surface area contributed by atoms with E-state index >= 15 is 0 Å². The van der Waals surface area contributed by atoms with Crippen LogP contribution in [0.15, 0.2) is 36.1 Å². The van der Waals surface area contributed by atoms with E-state index < -0.39 is 12.1 Å². The molecule has 68 valence electrons. The van der Waals surface area contributed by atoms with E-state index in [1.54, 1.807) is 0 Å². The molecule has 5 heteroatoms. The molecular weight excluding hydrogens is 193 g/mol. The van der Waals surface area contributed by atoms with Crippen molar-refractivity contribution in [3.8, 4) is 0 Å². The number of hydrogen-bond donors (Lipinski definition) is 0. The minimum atomic E-state index is -4.76. The Morgan fingerprint density at radius 3 is 2.25 bits per heavy atom. The molecule has 0 N–H and O–H groups in total. The molecule has 0 saturated carbocycles. The smallest absolute Gasteiger partial charge is 0.405 e. The van der Waals surface area contributed by atoms with Crippen molar-refractivity contribution in [1.82, 2.24) is 0 Å². The molecule has 0 fully saturated rings. The Bertz CT molecular complexity index is 217. The Balaban J connectivity index is 4.24. The third-order valence-corrected chi connectivity index (χ3v) is 1.11. The van der Waals surface area contributed by atoms with Gasteiger partial charge in [0.1, 0.15) is 5.76 Å². The molecule has 0 bridgehead atoms. The van der Waals surface area contributed by atoms with Crippen LogP contribution in [0.3, 0.4) is 0 Å². The van der Waals surface area contributed by atoms with Crippen molar-refractivity contribution in [2.75, 3.05) is 0 Å². The van der Waals surface area contributed by atoms with Gasteiger partial charge in [-0.25, -0.2) is 0 Å². The molecule has 0 aromatic heterocycles. The largest absolute Gasteiger partial charge is 0.573 e. The van der Waals surface area contributed by atoms with Gasteiger partial charge >= 0.3 is 6.36 Å². The van der Waals surface area contributed by atoms with Crippen molar-refractivity contribution < 1.29 is 17.9 Å². The standard InChI is InChI=1S/C7H6ClF3O/c1-3-4-6(8)5(2)12-7(9,10)11/h3-4H,1-2H2/b6-4+. The molecule has 0 aliphatic carbocycles. The van der Waals surface area contributed by atoms with E-state index in [0.29, 0.717) is 0 Å². The van der Waals surface area contributed by atoms with Crippen molar-refractivity contribution in [3.05, 3.63) is 36.1 Å². The van der Waals surface area contributed by atoms with E-state index in [1.165, 1.54) is 6.08 Å². The number of allylic oxidation sites excluding steroid dienone is 3. The summed E-state index contributed by atoms with van der Waals surface area (Å²) in [5.41, 5.74) is 0. The Hall–Kier alpha value is -0.900. The number of alkyl halides is 3. The van der Waals surface area contributed by atoms with Gasteiger partial charge in [0.2, 0.25) is 0 Å². The molecule has 0 heterocycles. The minimum absolute atomic E-state index is 0.234. The van der Waals surface area contributed by atoms with E-state index in [2.05, 4.69) is 17.9 Å². The molecule has 0 spiro atoms. The maximum Gasteiger partial charge on any atom is 0.573 e. The van der Waals surface area contributed by atoms with Crippen molar-refractivity contribution in [2.45, 2.75) is 6.36 Å². The quantitative estimate of drug-likeness (QED) is 0.499. The molecule has 0 radical (unpaired) electrons. The van der Waals surface area contributed by atoms with Crippen molar-refractivity contribution >= 4 is 11.6 Å². The molecule has 0 amide bonds. The number of ether oxygens (including phenoxy) is 1. The minimum Gasteiger partial charge on any atom is -0.405 e. The van der Waals surface area contributed by atoms with Gasteiger partial charge in [-0.05, 0) is 6.08 Å². The van der Waals surface area contributed by atoms with Gasteiger partial charge in [-0.15, -0.1) is 13.2 Å². The van der Waals surface area contributed by atoms with Gasteiger partial charge in [-0.3, -0.25) is 0 Å². The average molecular weight is 199 g/mol. The zero-order valence-electron chi connectivity index (χ0n) is 5.99. The first-order valence-electron chi connectivity index (χ1n) is 2.80. The van der Waals surface area contributed by atoms with Gasteiger partial charge in [0.25, 0.3) is 0 Å². The van der Waals surface area contributed by atoms with Gasteiger partial charge in [0, 0.05) is 0 Å². The van der Waals surface area contributed by atoms with Gasteiger partial charge < -0.3 is 4.74 Å². The molecule has 0 aromatic carbocycles. The topological polar surface area (TPSA) is 9.23 Å². The summed E-state index contributed by atoms with van der Waals surface area (Å²) in [6.07, 6.45) is -2.38. The van der Waals surface area contributed by atoms with Crippen LogP contribution < -0.4 is 0 Å². The maximum absolute atomic E-state index is 11.5. The lowest BCUT2D eigenvalue weighted by Gasteiger charge is -2.09. The van der Waals surface area contributed by atoms with Crippen molar-refractivity contribution in [1.29, 1.82) is 0 Å². The number of rotatable bonds is 3. The molecule has 0 aromatic rings. The van der Waals surface area contributed by atoms with Crippen LogP contribution in [0, 0.1) is 0 Å². The zero-order valence-corrected chi connectivity index (χ0v) is 6.74. The number of hydrogen-bond acceptors (Lipinski definition) is 1. The summed E-state index contributed by atoms with van der Waals surface area (Å²) < 4.78 is 37.9. The van der Waals surface area contributed by atoms with Crippen LogP contribution >= 0.6 is 11.6 Å². The van der Waals surface area contributed by atoms with Crippen LogP contribution in [0.1, 0.15) is 0 Å². The van der Waals surface area contributed by atoms with Crippen LogP contribution in [-0.4, -0.2) is 6.36 Å². The first kappa shape index (κ1) is 11.1. The molecule has 0 rings (SSSR count). The van der Waals surface area contributed by atoms with Crippen LogP contribution in [0.2, 0.25) is 0 Å². The lowest BCUT2D eigenvalue weighted by atomic mass is 10.4. The Morgan fingerprint density at radius 2 is 1.92 bits per heavy atom. The second kappa shape index (κ2) is 4.21. The second-order valence-electron chi connectivity index (χ2n) is 1.72. The molecule has 0 atom stereocenters. The SMILES string of the molecule is C=C/C=C(/Cl)C(=C)OC(F)(F)F. The molecule has 0 unspecified atom stereocenters. The van der Waals surface area contributed by atoms with E-state index in [-0.39, 0.29) is 5.03 Å². The maximum atomic E-state index is 11.5. The fraction of sp³-hybridized carbons (Fsp3) is 0.143. The average Bonchev–Trinajstić information content (AvgIpc) is 1.84. The molecular formula is C7H6ClF3O. The predicted octanol–water partition coefficient (Wildman–Crippen LogP) is 3.35. The summed E-state index contributed by atoms with van der Waals surface area (Å²) >= 11 is 5.30. The highest BCUT2D eigenvalue weighted by Crippen LogP contribution is 2.25. The normalized spacial score (nSPS) is 12.5. The molecule has 1 nitrogen and oxygen atoms in total. The summed E-state index contributed by atoms with van der Waals surface area (Å²) in [5, 5.41) is -0.234. The van der Waals surface area contributed by atoms with E-state index in [0.717, 1.165) is 6.08 Å². The van der Waals surface area contributed by atoms with Gasteiger partial charge in [0.05, 0.1) is 5.03 Å². The third-order valence-electron chi connectivity index (χ3n) is 0.769. The first-order valence-corrected chi connectivity index (χ1v) is 3.18. The van der Waals surface area contributed by atoms with E-state index in [1.807, 2.05) is 0 Å². The van der Waals surface area contributed by atoms with Gasteiger partial charge in [-0.1, -0.05) is 30.8 Å². The Morgan fingerprint density at radius 1 is 1.42 bits per heavy atom. The van der Waals surface area contributed by atoms with Crippen LogP contribution in [0.25, 0.3) is 0 Å². The molecule has 0 saturated heterocycles.